The molecule has 1 atom stereocenters. The molecule has 0 rings (SSSR count). The number of hydrogen-bond acceptors (Lipinski definition) is 5. The third-order valence-corrected chi connectivity index (χ3v) is 1.10. The smallest absolute Gasteiger partial charge is 0.335 e. The minimum atomic E-state index is -1.08. The van der Waals surface area contributed by atoms with Crippen LogP contribution in [0.2, 0.25) is 0 Å². The molecule has 0 aromatic carbocycles. The molecule has 0 aliphatic heterocycles. The van der Waals surface area contributed by atoms with E-state index in [9.17, 15) is 4.79 Å². The van der Waals surface area contributed by atoms with Crippen LogP contribution in [-0.2, 0) is 9.53 Å². The predicted molar refractivity (Wildman–Crippen MR) is 40.3 cm³/mol. The molecule has 1 unspecified atom stereocenters. The van der Waals surface area contributed by atoms with Crippen molar-refractivity contribution in [1.82, 2.24) is 0 Å². The zero-order valence-electron chi connectivity index (χ0n) is 6.56. The summed E-state index contributed by atoms with van der Waals surface area (Å²) >= 11 is 0. The van der Waals surface area contributed by atoms with E-state index in [1.165, 1.54) is 0 Å². The van der Waals surface area contributed by atoms with Gasteiger partial charge in [0.25, 0.3) is 0 Å². The average molecular weight is 176 g/mol. The lowest BCUT2D eigenvalue weighted by molar-refractivity contribution is -0.143. The summed E-state index contributed by atoms with van der Waals surface area (Å²) in [5.41, 5.74) is -0.0832. The van der Waals surface area contributed by atoms with E-state index in [0.717, 1.165) is 0 Å². The molecule has 0 amide bonds. The normalized spacial score (nSPS) is 12.2. The van der Waals surface area contributed by atoms with Crippen molar-refractivity contribution in [2.45, 2.75) is 6.10 Å². The van der Waals surface area contributed by atoms with Crippen LogP contribution in [-0.4, -0.2) is 47.2 Å². The molecule has 0 aromatic rings. The first-order valence-electron chi connectivity index (χ1n) is 3.36. The number of esters is 1. The second kappa shape index (κ2) is 5.70. The molecule has 0 saturated heterocycles. The van der Waals surface area contributed by atoms with Crippen LogP contribution < -0.4 is 0 Å². The molecule has 0 fully saturated rings. The predicted octanol–water partition coefficient (Wildman–Crippen LogP) is -1.57. The van der Waals surface area contributed by atoms with E-state index in [1.54, 1.807) is 0 Å². The van der Waals surface area contributed by atoms with Crippen molar-refractivity contribution in [2.24, 2.45) is 0 Å². The first-order chi connectivity index (χ1) is 5.61. The van der Waals surface area contributed by atoms with E-state index >= 15 is 0 Å². The van der Waals surface area contributed by atoms with Crippen LogP contribution in [0.3, 0.4) is 0 Å². The van der Waals surface area contributed by atoms with Crippen LogP contribution in [0.5, 0.6) is 0 Å². The third-order valence-electron chi connectivity index (χ3n) is 1.10. The zero-order chi connectivity index (χ0) is 9.56. The number of hydrogen-bond donors (Lipinski definition) is 3. The van der Waals surface area contributed by atoms with Crippen LogP contribution in [0.1, 0.15) is 0 Å². The van der Waals surface area contributed by atoms with Gasteiger partial charge in [0.15, 0.2) is 0 Å². The Morgan fingerprint density at radius 2 is 2.08 bits per heavy atom. The van der Waals surface area contributed by atoms with Gasteiger partial charge in [-0.05, 0) is 0 Å². The number of aliphatic hydroxyl groups is 3. The average Bonchev–Trinajstić information content (AvgIpc) is 2.11. The molecule has 5 heteroatoms. The highest BCUT2D eigenvalue weighted by atomic mass is 16.5. The van der Waals surface area contributed by atoms with Crippen molar-refractivity contribution in [3.8, 4) is 0 Å². The SMILES string of the molecule is C=C(CO)C(=O)OCC(O)CO. The second-order valence-corrected chi connectivity index (χ2v) is 2.20. The summed E-state index contributed by atoms with van der Waals surface area (Å²) in [6.07, 6.45) is -1.08. The fourth-order valence-electron chi connectivity index (χ4n) is 0.391. The summed E-state index contributed by atoms with van der Waals surface area (Å²) in [5.74, 6) is -0.773. The molecule has 12 heavy (non-hydrogen) atoms. The highest BCUT2D eigenvalue weighted by molar-refractivity contribution is 5.87. The van der Waals surface area contributed by atoms with Gasteiger partial charge in [-0.25, -0.2) is 4.79 Å². The van der Waals surface area contributed by atoms with Crippen molar-refractivity contribution in [1.29, 1.82) is 0 Å². The van der Waals surface area contributed by atoms with E-state index in [4.69, 9.17) is 15.3 Å². The molecule has 0 radical (unpaired) electrons. The zero-order valence-corrected chi connectivity index (χ0v) is 6.56. The fraction of sp³-hybridized carbons (Fsp3) is 0.571. The molecule has 0 heterocycles. The van der Waals surface area contributed by atoms with Crippen LogP contribution in [0.25, 0.3) is 0 Å². The van der Waals surface area contributed by atoms with Gasteiger partial charge in [-0.1, -0.05) is 6.58 Å². The Kier molecular flexibility index (Phi) is 5.27. The minimum absolute atomic E-state index is 0.0832. The van der Waals surface area contributed by atoms with Crippen molar-refractivity contribution < 1.29 is 24.9 Å². The summed E-state index contributed by atoms with van der Waals surface area (Å²) < 4.78 is 4.44. The Bertz CT molecular complexity index is 165. The standard InChI is InChI=1S/C7H12O5/c1-5(2-8)7(11)12-4-6(10)3-9/h6,8-10H,1-4H2. The van der Waals surface area contributed by atoms with Crippen molar-refractivity contribution >= 4 is 5.97 Å². The molecule has 0 aromatic heterocycles. The molecule has 5 nitrogen and oxygen atoms in total. The minimum Gasteiger partial charge on any atom is -0.459 e. The Balaban J connectivity index is 3.64. The van der Waals surface area contributed by atoms with Gasteiger partial charge in [-0.15, -0.1) is 0 Å². The lowest BCUT2D eigenvalue weighted by atomic mass is 10.3. The Morgan fingerprint density at radius 3 is 2.50 bits per heavy atom. The molecular formula is C7H12O5. The highest BCUT2D eigenvalue weighted by Crippen LogP contribution is 1.94. The Hall–Kier alpha value is -0.910. The molecule has 0 aliphatic rings. The first kappa shape index (κ1) is 11.1. The Morgan fingerprint density at radius 1 is 1.50 bits per heavy atom. The number of ether oxygens (including phenoxy) is 1. The molecular weight excluding hydrogens is 164 g/mol. The van der Waals surface area contributed by atoms with Crippen LogP contribution in [0.4, 0.5) is 0 Å². The molecule has 3 N–H and O–H groups in total. The van der Waals surface area contributed by atoms with E-state index in [0.29, 0.717) is 0 Å². The van der Waals surface area contributed by atoms with Gasteiger partial charge in [0, 0.05) is 0 Å². The number of aliphatic hydroxyl groups excluding tert-OH is 3. The van der Waals surface area contributed by atoms with E-state index in [2.05, 4.69) is 11.3 Å². The Labute approximate surface area is 69.9 Å². The van der Waals surface area contributed by atoms with Gasteiger partial charge in [0.05, 0.1) is 18.8 Å². The third kappa shape index (κ3) is 4.07. The van der Waals surface area contributed by atoms with Gasteiger partial charge < -0.3 is 20.1 Å². The monoisotopic (exact) mass is 176 g/mol. The number of carbonyl (C=O) groups excluding carboxylic acids is 1. The van der Waals surface area contributed by atoms with Gasteiger partial charge in [-0.3, -0.25) is 0 Å². The maximum Gasteiger partial charge on any atom is 0.335 e. The lowest BCUT2D eigenvalue weighted by Crippen LogP contribution is -2.23. The second-order valence-electron chi connectivity index (χ2n) is 2.20. The largest absolute Gasteiger partial charge is 0.459 e. The molecule has 0 aliphatic carbocycles. The lowest BCUT2D eigenvalue weighted by Gasteiger charge is -2.08. The number of rotatable bonds is 5. The van der Waals surface area contributed by atoms with E-state index < -0.39 is 25.3 Å². The summed E-state index contributed by atoms with van der Waals surface area (Å²) in [7, 11) is 0. The van der Waals surface area contributed by atoms with Crippen LogP contribution >= 0.6 is 0 Å². The van der Waals surface area contributed by atoms with Crippen molar-refractivity contribution in [3.05, 3.63) is 12.2 Å². The molecule has 0 bridgehead atoms. The molecule has 0 saturated carbocycles. The van der Waals surface area contributed by atoms with Gasteiger partial charge in [-0.2, -0.15) is 0 Å². The number of carbonyl (C=O) groups is 1. The van der Waals surface area contributed by atoms with Gasteiger partial charge in [0.2, 0.25) is 0 Å². The first-order valence-corrected chi connectivity index (χ1v) is 3.36. The van der Waals surface area contributed by atoms with Gasteiger partial charge >= 0.3 is 5.97 Å². The van der Waals surface area contributed by atoms with Gasteiger partial charge in [0.1, 0.15) is 12.7 Å². The topological polar surface area (TPSA) is 87.0 Å². The molecule has 0 spiro atoms. The maximum absolute atomic E-state index is 10.7. The maximum atomic E-state index is 10.7. The van der Waals surface area contributed by atoms with E-state index in [1.807, 2.05) is 0 Å². The van der Waals surface area contributed by atoms with Crippen LogP contribution in [0.15, 0.2) is 12.2 Å². The van der Waals surface area contributed by atoms with E-state index in [-0.39, 0.29) is 12.2 Å². The highest BCUT2D eigenvalue weighted by Gasteiger charge is 2.09. The summed E-state index contributed by atoms with van der Waals surface area (Å²) in [5, 5.41) is 25.5. The quantitative estimate of drug-likeness (QED) is 0.348. The fourth-order valence-corrected chi connectivity index (χ4v) is 0.391. The summed E-state index contributed by atoms with van der Waals surface area (Å²) in [4.78, 5) is 10.7. The summed E-state index contributed by atoms with van der Waals surface area (Å²) in [6.45, 7) is 1.96. The van der Waals surface area contributed by atoms with Crippen LogP contribution in [0, 0.1) is 0 Å². The summed E-state index contributed by atoms with van der Waals surface area (Å²) in [6, 6.07) is 0. The van der Waals surface area contributed by atoms with Crippen molar-refractivity contribution in [3.63, 3.8) is 0 Å². The molecule has 70 valence electrons. The van der Waals surface area contributed by atoms with Crippen molar-refractivity contribution in [2.75, 3.05) is 19.8 Å².